The highest BCUT2D eigenvalue weighted by atomic mass is 19.4. The van der Waals surface area contributed by atoms with Crippen molar-refractivity contribution in [3.8, 4) is 0 Å². The molecule has 1 aromatic carbocycles. The fourth-order valence-corrected chi connectivity index (χ4v) is 3.02. The summed E-state index contributed by atoms with van der Waals surface area (Å²) < 4.78 is 57.3. The quantitative estimate of drug-likeness (QED) is 0.852. The van der Waals surface area contributed by atoms with Gasteiger partial charge in [-0.05, 0) is 37.5 Å². The van der Waals surface area contributed by atoms with Crippen molar-refractivity contribution in [1.82, 2.24) is 0 Å². The van der Waals surface area contributed by atoms with Crippen LogP contribution in [0.5, 0.6) is 0 Å². The molecule has 128 valence electrons. The van der Waals surface area contributed by atoms with E-state index >= 15 is 0 Å². The Kier molecular flexibility index (Phi) is 4.59. The lowest BCUT2D eigenvalue weighted by molar-refractivity contribution is -0.155. The molecule has 2 unspecified atom stereocenters. The largest absolute Gasteiger partial charge is 0.462 e. The molecule has 0 spiro atoms. The third-order valence-corrected chi connectivity index (χ3v) is 4.12. The summed E-state index contributed by atoms with van der Waals surface area (Å²) in [5, 5.41) is 0. The van der Waals surface area contributed by atoms with E-state index in [0.717, 1.165) is 11.1 Å². The Morgan fingerprint density at radius 3 is 2.61 bits per heavy atom. The zero-order valence-electron chi connectivity index (χ0n) is 13.3. The molecule has 2 rings (SSSR count). The number of aryl methyl sites for hydroxylation is 2. The van der Waals surface area contributed by atoms with Crippen LogP contribution < -0.4 is 5.73 Å². The van der Waals surface area contributed by atoms with E-state index in [1.165, 1.54) is 6.07 Å². The number of hydrogen-bond donors (Lipinski definition) is 1. The summed E-state index contributed by atoms with van der Waals surface area (Å²) in [4.78, 5) is 4.10. The second-order valence-electron chi connectivity index (χ2n) is 6.10. The maximum atomic E-state index is 14.4. The smallest absolute Gasteiger partial charge is 0.392 e. The monoisotopic (exact) mass is 332 g/mol. The lowest BCUT2D eigenvalue weighted by Gasteiger charge is -2.35. The van der Waals surface area contributed by atoms with E-state index in [1.807, 2.05) is 6.92 Å². The van der Waals surface area contributed by atoms with Gasteiger partial charge < -0.3 is 10.5 Å². The minimum atomic E-state index is -4.39. The SMILES string of the molecule is CCc1cc(C2(C)CC(CC(F)(F)F)OC(N)=N2)c(F)cc1C. The van der Waals surface area contributed by atoms with Crippen LogP contribution in [0.15, 0.2) is 17.1 Å². The number of halogens is 4. The van der Waals surface area contributed by atoms with Crippen molar-refractivity contribution in [3.05, 3.63) is 34.6 Å². The van der Waals surface area contributed by atoms with Crippen LogP contribution in [-0.2, 0) is 16.7 Å². The molecular formula is C16H20F4N2O. The zero-order valence-corrected chi connectivity index (χ0v) is 13.3. The number of amidine groups is 1. The van der Waals surface area contributed by atoms with Gasteiger partial charge in [-0.1, -0.05) is 13.0 Å². The lowest BCUT2D eigenvalue weighted by atomic mass is 9.83. The molecule has 2 N–H and O–H groups in total. The second-order valence-corrected chi connectivity index (χ2v) is 6.10. The van der Waals surface area contributed by atoms with E-state index in [1.54, 1.807) is 19.9 Å². The van der Waals surface area contributed by atoms with Crippen LogP contribution in [0.4, 0.5) is 17.6 Å². The Morgan fingerprint density at radius 2 is 2.04 bits per heavy atom. The Morgan fingerprint density at radius 1 is 1.39 bits per heavy atom. The molecule has 0 saturated heterocycles. The predicted octanol–water partition coefficient (Wildman–Crippen LogP) is 3.97. The number of rotatable bonds is 3. The van der Waals surface area contributed by atoms with Gasteiger partial charge in [0.1, 0.15) is 11.9 Å². The molecular weight excluding hydrogens is 312 g/mol. The van der Waals surface area contributed by atoms with Gasteiger partial charge in [0, 0.05) is 12.0 Å². The van der Waals surface area contributed by atoms with Gasteiger partial charge in [0.05, 0.1) is 12.0 Å². The Labute approximate surface area is 132 Å². The van der Waals surface area contributed by atoms with Crippen LogP contribution >= 0.6 is 0 Å². The highest BCUT2D eigenvalue weighted by Gasteiger charge is 2.42. The molecule has 0 aromatic heterocycles. The molecule has 2 atom stereocenters. The molecule has 0 aliphatic carbocycles. The molecule has 23 heavy (non-hydrogen) atoms. The molecule has 1 aliphatic heterocycles. The van der Waals surface area contributed by atoms with E-state index in [2.05, 4.69) is 4.99 Å². The van der Waals surface area contributed by atoms with Crippen LogP contribution in [0.1, 0.15) is 43.4 Å². The Balaban J connectivity index is 2.42. The fourth-order valence-electron chi connectivity index (χ4n) is 3.02. The second kappa shape index (κ2) is 6.02. The highest BCUT2D eigenvalue weighted by molar-refractivity contribution is 5.73. The van der Waals surface area contributed by atoms with Crippen LogP contribution in [0.25, 0.3) is 0 Å². The summed E-state index contributed by atoms with van der Waals surface area (Å²) >= 11 is 0. The number of ether oxygens (including phenoxy) is 1. The van der Waals surface area contributed by atoms with E-state index in [0.29, 0.717) is 6.42 Å². The third-order valence-electron chi connectivity index (χ3n) is 4.12. The zero-order chi connectivity index (χ0) is 17.4. The van der Waals surface area contributed by atoms with E-state index < -0.39 is 30.1 Å². The Bertz CT molecular complexity index is 627. The normalized spacial score (nSPS) is 25.0. The maximum absolute atomic E-state index is 14.4. The van der Waals surface area contributed by atoms with Crippen molar-refractivity contribution < 1.29 is 22.3 Å². The van der Waals surface area contributed by atoms with E-state index in [4.69, 9.17) is 10.5 Å². The molecule has 7 heteroatoms. The predicted molar refractivity (Wildman–Crippen MR) is 79.7 cm³/mol. The van der Waals surface area contributed by atoms with Crippen LogP contribution in [-0.4, -0.2) is 18.3 Å². The van der Waals surface area contributed by atoms with Gasteiger partial charge in [0.2, 0.25) is 0 Å². The number of alkyl halides is 3. The topological polar surface area (TPSA) is 47.6 Å². The first-order chi connectivity index (χ1) is 10.5. The molecule has 3 nitrogen and oxygen atoms in total. The van der Waals surface area contributed by atoms with Crippen molar-refractivity contribution in [2.45, 2.75) is 57.9 Å². The van der Waals surface area contributed by atoms with Crippen LogP contribution in [0.3, 0.4) is 0 Å². The summed E-state index contributed by atoms with van der Waals surface area (Å²) in [5.41, 5.74) is 6.34. The first-order valence-corrected chi connectivity index (χ1v) is 7.42. The fraction of sp³-hybridized carbons (Fsp3) is 0.562. The average Bonchev–Trinajstić information content (AvgIpc) is 2.35. The molecule has 0 amide bonds. The van der Waals surface area contributed by atoms with Crippen molar-refractivity contribution >= 4 is 6.02 Å². The molecule has 0 saturated carbocycles. The van der Waals surface area contributed by atoms with Crippen LogP contribution in [0, 0.1) is 12.7 Å². The van der Waals surface area contributed by atoms with Gasteiger partial charge in [-0.2, -0.15) is 13.2 Å². The van der Waals surface area contributed by atoms with Crippen molar-refractivity contribution in [2.75, 3.05) is 0 Å². The van der Waals surface area contributed by atoms with E-state index in [9.17, 15) is 17.6 Å². The Hall–Kier alpha value is -1.79. The van der Waals surface area contributed by atoms with E-state index in [-0.39, 0.29) is 18.0 Å². The number of hydrogen-bond acceptors (Lipinski definition) is 3. The summed E-state index contributed by atoms with van der Waals surface area (Å²) in [5.74, 6) is -0.494. The molecule has 0 fully saturated rings. The lowest BCUT2D eigenvalue weighted by Crippen LogP contribution is -2.41. The summed E-state index contributed by atoms with van der Waals surface area (Å²) in [7, 11) is 0. The van der Waals surface area contributed by atoms with Crippen molar-refractivity contribution in [3.63, 3.8) is 0 Å². The average molecular weight is 332 g/mol. The van der Waals surface area contributed by atoms with Gasteiger partial charge in [0.15, 0.2) is 0 Å². The molecule has 1 aliphatic rings. The first kappa shape index (κ1) is 17.6. The van der Waals surface area contributed by atoms with Gasteiger partial charge in [0.25, 0.3) is 6.02 Å². The molecule has 1 heterocycles. The van der Waals surface area contributed by atoms with Gasteiger partial charge in [-0.25, -0.2) is 9.38 Å². The van der Waals surface area contributed by atoms with Gasteiger partial charge in [-0.15, -0.1) is 0 Å². The maximum Gasteiger partial charge on any atom is 0.392 e. The van der Waals surface area contributed by atoms with Crippen molar-refractivity contribution in [2.24, 2.45) is 10.7 Å². The van der Waals surface area contributed by atoms with Crippen LogP contribution in [0.2, 0.25) is 0 Å². The summed E-state index contributed by atoms with van der Waals surface area (Å²) in [6.45, 7) is 5.31. The standard InChI is InChI=1S/C16H20F4N2O/c1-4-10-6-12(13(17)5-9(10)2)15(3)7-11(8-16(18,19)20)23-14(21)22-15/h5-6,11H,4,7-8H2,1-3H3,(H2,21,22). The number of benzene rings is 1. The summed E-state index contributed by atoms with van der Waals surface area (Å²) in [6.07, 6.45) is -6.10. The van der Waals surface area contributed by atoms with Gasteiger partial charge in [-0.3, -0.25) is 0 Å². The minimum absolute atomic E-state index is 0.0870. The molecule has 1 aromatic rings. The third kappa shape index (κ3) is 3.95. The van der Waals surface area contributed by atoms with Crippen molar-refractivity contribution in [1.29, 1.82) is 0 Å². The minimum Gasteiger partial charge on any atom is -0.462 e. The number of nitrogens with two attached hydrogens (primary N) is 1. The first-order valence-electron chi connectivity index (χ1n) is 7.42. The summed E-state index contributed by atoms with van der Waals surface area (Å²) in [6, 6.07) is 2.71. The molecule has 0 bridgehead atoms. The number of nitrogens with zero attached hydrogens (tertiary/aromatic N) is 1. The highest BCUT2D eigenvalue weighted by Crippen LogP contribution is 2.39. The van der Waals surface area contributed by atoms with Gasteiger partial charge >= 0.3 is 6.18 Å². The molecule has 0 radical (unpaired) electrons. The number of aliphatic imine (C=N–C) groups is 1.